The highest BCUT2D eigenvalue weighted by Gasteiger charge is 2.28. The van der Waals surface area contributed by atoms with Crippen LogP contribution in [0.25, 0.3) is 0 Å². The van der Waals surface area contributed by atoms with Gasteiger partial charge in [-0.15, -0.1) is 0 Å². The summed E-state index contributed by atoms with van der Waals surface area (Å²) in [6, 6.07) is 14.4. The molecule has 0 N–H and O–H groups in total. The summed E-state index contributed by atoms with van der Waals surface area (Å²) < 4.78 is 13.3. The number of halogens is 1. The molecule has 3 heteroatoms. The van der Waals surface area contributed by atoms with Gasteiger partial charge in [0.15, 0.2) is 0 Å². The molecule has 0 spiro atoms. The second-order valence-electron chi connectivity index (χ2n) is 5.51. The van der Waals surface area contributed by atoms with Gasteiger partial charge in [-0.2, -0.15) is 3.89 Å². The van der Waals surface area contributed by atoms with Crippen molar-refractivity contribution in [2.75, 3.05) is 13.6 Å². The molecular formula is C17H18FNS. The van der Waals surface area contributed by atoms with Crippen LogP contribution in [0, 0.1) is 6.92 Å². The van der Waals surface area contributed by atoms with Crippen molar-refractivity contribution in [3.8, 4) is 0 Å². The van der Waals surface area contributed by atoms with Crippen LogP contribution in [-0.2, 0) is 6.54 Å². The molecule has 0 fully saturated rings. The summed E-state index contributed by atoms with van der Waals surface area (Å²) in [5.74, 6) is 0.254. The summed E-state index contributed by atoms with van der Waals surface area (Å²) in [7, 11) is 2.13. The monoisotopic (exact) mass is 287 g/mol. The molecule has 1 aliphatic rings. The number of aryl methyl sites for hydroxylation is 1. The minimum atomic E-state index is 0.254. The van der Waals surface area contributed by atoms with E-state index in [0.29, 0.717) is 12.1 Å². The molecule has 1 atom stereocenters. The lowest BCUT2D eigenvalue weighted by atomic mass is 9.83. The fourth-order valence-corrected chi connectivity index (χ4v) is 3.67. The molecule has 3 rings (SSSR count). The minimum absolute atomic E-state index is 0.254. The smallest absolute Gasteiger partial charge is 0.0815 e. The number of fused-ring (bicyclic) bond motifs is 1. The Morgan fingerprint density at radius 1 is 1.15 bits per heavy atom. The molecule has 0 aliphatic carbocycles. The molecule has 0 radical (unpaired) electrons. The maximum absolute atomic E-state index is 13.3. The lowest BCUT2D eigenvalue weighted by Crippen LogP contribution is -2.31. The first-order valence-electron chi connectivity index (χ1n) is 6.85. The number of benzene rings is 2. The highest BCUT2D eigenvalue weighted by Crippen LogP contribution is 2.40. The molecule has 104 valence electrons. The normalized spacial score (nSPS) is 18.9. The zero-order valence-corrected chi connectivity index (χ0v) is 12.6. The Morgan fingerprint density at radius 2 is 1.95 bits per heavy atom. The van der Waals surface area contributed by atoms with E-state index in [-0.39, 0.29) is 5.92 Å². The Kier molecular flexibility index (Phi) is 3.81. The first-order valence-corrected chi connectivity index (χ1v) is 7.57. The first kappa shape index (κ1) is 13.7. The lowest BCUT2D eigenvalue weighted by Gasteiger charge is -2.34. The average Bonchev–Trinajstić information content (AvgIpc) is 2.46. The van der Waals surface area contributed by atoms with E-state index in [2.05, 4.69) is 49.2 Å². The van der Waals surface area contributed by atoms with Gasteiger partial charge in [0.25, 0.3) is 0 Å². The summed E-state index contributed by atoms with van der Waals surface area (Å²) in [6.45, 7) is 3.97. The van der Waals surface area contributed by atoms with E-state index >= 15 is 0 Å². The van der Waals surface area contributed by atoms with Crippen LogP contribution < -0.4 is 0 Å². The Hall–Kier alpha value is -1.32. The van der Waals surface area contributed by atoms with E-state index in [1.165, 1.54) is 22.3 Å². The summed E-state index contributed by atoms with van der Waals surface area (Å²) in [5.41, 5.74) is 5.00. The Labute approximate surface area is 124 Å². The first-order chi connectivity index (χ1) is 9.70. The van der Waals surface area contributed by atoms with Crippen LogP contribution in [0.3, 0.4) is 0 Å². The lowest BCUT2D eigenvalue weighted by molar-refractivity contribution is 0.293. The van der Waals surface area contributed by atoms with Crippen molar-refractivity contribution < 1.29 is 3.89 Å². The van der Waals surface area contributed by atoms with E-state index in [1.54, 1.807) is 0 Å². The van der Waals surface area contributed by atoms with Crippen LogP contribution in [-0.4, -0.2) is 18.5 Å². The van der Waals surface area contributed by atoms with Crippen molar-refractivity contribution in [2.24, 2.45) is 0 Å². The molecule has 0 saturated carbocycles. The standard InChI is InChI=1S/C17H18FNS/c1-12-6-3-4-8-14(12)15-11-19(2)10-13-7-5-9-16(20-18)17(13)15/h3-9,15H,10-11H2,1-2H3/t15-/m0/s1. The molecule has 2 aromatic carbocycles. The van der Waals surface area contributed by atoms with Gasteiger partial charge in [-0.1, -0.05) is 36.4 Å². The topological polar surface area (TPSA) is 3.24 Å². The molecule has 2 aromatic rings. The van der Waals surface area contributed by atoms with Crippen molar-refractivity contribution >= 4 is 12.1 Å². The molecular weight excluding hydrogens is 269 g/mol. The van der Waals surface area contributed by atoms with Crippen molar-refractivity contribution in [1.82, 2.24) is 4.90 Å². The van der Waals surface area contributed by atoms with Gasteiger partial charge in [0, 0.05) is 23.9 Å². The Bertz CT molecular complexity index is 626. The summed E-state index contributed by atoms with van der Waals surface area (Å²) in [4.78, 5) is 3.08. The number of likely N-dealkylation sites (N-methyl/N-ethyl adjacent to an activating group) is 1. The molecule has 1 heterocycles. The largest absolute Gasteiger partial charge is 0.301 e. The predicted molar refractivity (Wildman–Crippen MR) is 82.8 cm³/mol. The summed E-state index contributed by atoms with van der Waals surface area (Å²) in [5, 5.41) is 0. The quantitative estimate of drug-likeness (QED) is 0.797. The third kappa shape index (κ3) is 2.36. The van der Waals surface area contributed by atoms with Crippen molar-refractivity contribution in [3.63, 3.8) is 0 Å². The predicted octanol–water partition coefficient (Wildman–Crippen LogP) is 4.55. The van der Waals surface area contributed by atoms with Gasteiger partial charge in [0.1, 0.15) is 0 Å². The molecule has 20 heavy (non-hydrogen) atoms. The van der Waals surface area contributed by atoms with Crippen LogP contribution in [0.2, 0.25) is 0 Å². The van der Waals surface area contributed by atoms with Crippen molar-refractivity contribution in [3.05, 3.63) is 64.7 Å². The third-order valence-electron chi connectivity index (χ3n) is 4.09. The van der Waals surface area contributed by atoms with Gasteiger partial charge in [0.2, 0.25) is 0 Å². The fraction of sp³-hybridized carbons (Fsp3) is 0.294. The van der Waals surface area contributed by atoms with Crippen molar-refractivity contribution in [2.45, 2.75) is 24.3 Å². The fourth-order valence-electron chi connectivity index (χ4n) is 3.18. The second kappa shape index (κ2) is 5.58. The van der Waals surface area contributed by atoms with E-state index in [1.807, 2.05) is 12.1 Å². The molecule has 0 bridgehead atoms. The van der Waals surface area contributed by atoms with Crippen LogP contribution in [0.15, 0.2) is 47.4 Å². The van der Waals surface area contributed by atoms with E-state index < -0.39 is 0 Å². The summed E-state index contributed by atoms with van der Waals surface area (Å²) >= 11 is 0.370. The number of hydrogen-bond acceptors (Lipinski definition) is 2. The molecule has 0 aromatic heterocycles. The summed E-state index contributed by atoms with van der Waals surface area (Å²) in [6.07, 6.45) is 0. The van der Waals surface area contributed by atoms with Crippen molar-refractivity contribution in [1.29, 1.82) is 0 Å². The highest BCUT2D eigenvalue weighted by atomic mass is 32.2. The van der Waals surface area contributed by atoms with Crippen LogP contribution >= 0.6 is 12.1 Å². The Morgan fingerprint density at radius 3 is 2.70 bits per heavy atom. The van der Waals surface area contributed by atoms with E-state index in [0.717, 1.165) is 18.0 Å². The number of nitrogens with zero attached hydrogens (tertiary/aromatic N) is 1. The Balaban J connectivity index is 2.17. The maximum atomic E-state index is 13.3. The van der Waals surface area contributed by atoms with Crippen LogP contribution in [0.4, 0.5) is 3.89 Å². The van der Waals surface area contributed by atoms with Gasteiger partial charge < -0.3 is 4.90 Å². The van der Waals surface area contributed by atoms with Crippen LogP contribution in [0.5, 0.6) is 0 Å². The van der Waals surface area contributed by atoms with Gasteiger partial charge in [-0.05, 0) is 42.3 Å². The van der Waals surface area contributed by atoms with Gasteiger partial charge >= 0.3 is 0 Å². The van der Waals surface area contributed by atoms with Gasteiger partial charge in [0.05, 0.1) is 12.1 Å². The molecule has 1 nitrogen and oxygen atoms in total. The van der Waals surface area contributed by atoms with Gasteiger partial charge in [-0.25, -0.2) is 0 Å². The molecule has 0 amide bonds. The minimum Gasteiger partial charge on any atom is -0.301 e. The van der Waals surface area contributed by atoms with Gasteiger partial charge in [-0.3, -0.25) is 0 Å². The third-order valence-corrected chi connectivity index (χ3v) is 4.61. The highest BCUT2D eigenvalue weighted by molar-refractivity contribution is 7.94. The molecule has 0 saturated heterocycles. The van der Waals surface area contributed by atoms with E-state index in [9.17, 15) is 3.89 Å². The zero-order valence-electron chi connectivity index (χ0n) is 11.8. The number of rotatable bonds is 2. The molecule has 0 unspecified atom stereocenters. The van der Waals surface area contributed by atoms with Crippen LogP contribution in [0.1, 0.15) is 28.2 Å². The maximum Gasteiger partial charge on any atom is 0.0815 e. The average molecular weight is 287 g/mol. The second-order valence-corrected chi connectivity index (χ2v) is 6.11. The molecule has 1 aliphatic heterocycles. The number of hydrogen-bond donors (Lipinski definition) is 0. The zero-order chi connectivity index (χ0) is 14.1. The van der Waals surface area contributed by atoms with E-state index in [4.69, 9.17) is 0 Å². The SMILES string of the molecule is Cc1ccccc1[C@@H]1CN(C)Cc2cccc(SF)c21.